The van der Waals surface area contributed by atoms with Crippen molar-refractivity contribution in [1.29, 1.82) is 0 Å². The molecule has 2 aromatic rings. The summed E-state index contributed by atoms with van der Waals surface area (Å²) in [7, 11) is 0. The molecule has 6 heteroatoms. The molecule has 3 heterocycles. The van der Waals surface area contributed by atoms with E-state index in [2.05, 4.69) is 14.9 Å². The van der Waals surface area contributed by atoms with Crippen LogP contribution in [0.3, 0.4) is 0 Å². The number of hydrogen-bond donors (Lipinski definition) is 1. The van der Waals surface area contributed by atoms with Crippen molar-refractivity contribution >= 4 is 11.9 Å². The van der Waals surface area contributed by atoms with Crippen molar-refractivity contribution in [2.45, 2.75) is 31.6 Å². The zero-order chi connectivity index (χ0) is 18.6. The second-order valence-electron chi connectivity index (χ2n) is 7.53. The molecule has 1 unspecified atom stereocenters. The third-order valence-electron chi connectivity index (χ3n) is 5.78. The first-order valence-electron chi connectivity index (χ1n) is 9.80. The predicted molar refractivity (Wildman–Crippen MR) is 104 cm³/mol. The maximum absolute atomic E-state index is 13.0. The summed E-state index contributed by atoms with van der Waals surface area (Å²) in [5.74, 6) is 1.81. The van der Waals surface area contributed by atoms with Gasteiger partial charge in [-0.05, 0) is 55.4 Å². The third-order valence-corrected chi connectivity index (χ3v) is 5.78. The lowest BCUT2D eigenvalue weighted by molar-refractivity contribution is -0.136. The number of carbonyl (C=O) groups is 1. The van der Waals surface area contributed by atoms with E-state index in [0.717, 1.165) is 51.3 Å². The minimum atomic E-state index is 0.0350. The van der Waals surface area contributed by atoms with Crippen molar-refractivity contribution in [3.8, 4) is 5.75 Å². The molecule has 0 aliphatic carbocycles. The van der Waals surface area contributed by atoms with E-state index in [4.69, 9.17) is 0 Å². The van der Waals surface area contributed by atoms with Gasteiger partial charge in [0.25, 0.3) is 0 Å². The van der Waals surface area contributed by atoms with Gasteiger partial charge in [-0.15, -0.1) is 0 Å². The lowest BCUT2D eigenvalue weighted by atomic mass is 9.88. The first kappa shape index (κ1) is 17.8. The molecule has 0 radical (unpaired) electrons. The highest BCUT2D eigenvalue weighted by atomic mass is 16.3. The van der Waals surface area contributed by atoms with Crippen LogP contribution in [0, 0.1) is 5.92 Å². The molecule has 27 heavy (non-hydrogen) atoms. The Labute approximate surface area is 159 Å². The van der Waals surface area contributed by atoms with E-state index in [0.29, 0.717) is 18.2 Å². The van der Waals surface area contributed by atoms with Crippen LogP contribution in [0.5, 0.6) is 5.75 Å². The number of anilines is 1. The number of piperidine rings is 2. The Hall–Kier alpha value is -2.63. The van der Waals surface area contributed by atoms with Gasteiger partial charge in [0.05, 0.1) is 5.92 Å². The molecule has 2 saturated heterocycles. The molecule has 0 saturated carbocycles. The molecule has 6 nitrogen and oxygen atoms in total. The molecule has 2 aliphatic rings. The van der Waals surface area contributed by atoms with Gasteiger partial charge in [-0.25, -0.2) is 9.97 Å². The van der Waals surface area contributed by atoms with Gasteiger partial charge in [-0.1, -0.05) is 12.1 Å². The average molecular weight is 366 g/mol. The lowest BCUT2D eigenvalue weighted by Gasteiger charge is -2.38. The van der Waals surface area contributed by atoms with Gasteiger partial charge in [-0.2, -0.15) is 0 Å². The molecule has 0 spiro atoms. The van der Waals surface area contributed by atoms with Crippen molar-refractivity contribution in [2.75, 3.05) is 31.1 Å². The number of phenolic OH excluding ortho intramolecular Hbond substituents is 1. The average Bonchev–Trinajstić information content (AvgIpc) is 2.75. The molecule has 4 rings (SSSR count). The van der Waals surface area contributed by atoms with Gasteiger partial charge in [-0.3, -0.25) is 4.79 Å². The Balaban J connectivity index is 1.34. The van der Waals surface area contributed by atoms with Crippen LogP contribution >= 0.6 is 0 Å². The molecule has 142 valence electrons. The molecule has 2 fully saturated rings. The van der Waals surface area contributed by atoms with Crippen LogP contribution < -0.4 is 4.90 Å². The Bertz CT molecular complexity index is 758. The number of benzene rings is 1. The zero-order valence-electron chi connectivity index (χ0n) is 15.5. The van der Waals surface area contributed by atoms with E-state index < -0.39 is 0 Å². The van der Waals surface area contributed by atoms with Crippen LogP contribution in [0.15, 0.2) is 42.7 Å². The topological polar surface area (TPSA) is 69.6 Å². The van der Waals surface area contributed by atoms with Gasteiger partial charge in [0, 0.05) is 38.6 Å². The summed E-state index contributed by atoms with van der Waals surface area (Å²) < 4.78 is 0. The number of aromatic hydroxyl groups is 1. The SMILES string of the molecule is O=C(C1CCCN(c2ncccn2)C1)N1CCC(c2ccc(O)cc2)CC1. The van der Waals surface area contributed by atoms with Gasteiger partial charge in [0.15, 0.2) is 0 Å². The van der Waals surface area contributed by atoms with Gasteiger partial charge >= 0.3 is 0 Å². The Morgan fingerprint density at radius 3 is 2.41 bits per heavy atom. The zero-order valence-corrected chi connectivity index (χ0v) is 15.5. The minimum Gasteiger partial charge on any atom is -0.508 e. The number of hydrogen-bond acceptors (Lipinski definition) is 5. The molecule has 1 atom stereocenters. The van der Waals surface area contributed by atoms with E-state index in [9.17, 15) is 9.90 Å². The molecule has 1 N–H and O–H groups in total. The Morgan fingerprint density at radius 1 is 1.00 bits per heavy atom. The molecular formula is C21H26N4O2. The van der Waals surface area contributed by atoms with Crippen LogP contribution in [0.25, 0.3) is 0 Å². The maximum atomic E-state index is 13.0. The van der Waals surface area contributed by atoms with Crippen LogP contribution in [-0.2, 0) is 4.79 Å². The molecule has 0 bridgehead atoms. The van der Waals surface area contributed by atoms with Crippen LogP contribution in [-0.4, -0.2) is 52.1 Å². The number of carbonyl (C=O) groups excluding carboxylic acids is 1. The first-order valence-corrected chi connectivity index (χ1v) is 9.80. The summed E-state index contributed by atoms with van der Waals surface area (Å²) in [5, 5.41) is 9.45. The van der Waals surface area contributed by atoms with Gasteiger partial charge in [0.2, 0.25) is 11.9 Å². The van der Waals surface area contributed by atoms with E-state index in [1.165, 1.54) is 5.56 Å². The van der Waals surface area contributed by atoms with Crippen molar-refractivity contribution in [2.24, 2.45) is 5.92 Å². The fourth-order valence-electron chi connectivity index (χ4n) is 4.25. The summed E-state index contributed by atoms with van der Waals surface area (Å²) >= 11 is 0. The summed E-state index contributed by atoms with van der Waals surface area (Å²) in [5.41, 5.74) is 1.25. The van der Waals surface area contributed by atoms with Crippen LogP contribution in [0.4, 0.5) is 5.95 Å². The molecule has 1 aromatic carbocycles. The lowest BCUT2D eigenvalue weighted by Crippen LogP contribution is -2.47. The van der Waals surface area contributed by atoms with E-state index in [-0.39, 0.29) is 11.8 Å². The summed E-state index contributed by atoms with van der Waals surface area (Å²) in [6.07, 6.45) is 7.41. The second-order valence-corrected chi connectivity index (χ2v) is 7.53. The van der Waals surface area contributed by atoms with E-state index in [1.54, 1.807) is 24.5 Å². The Morgan fingerprint density at radius 2 is 1.70 bits per heavy atom. The highest BCUT2D eigenvalue weighted by Gasteiger charge is 2.32. The third kappa shape index (κ3) is 4.04. The summed E-state index contributed by atoms with van der Waals surface area (Å²) in [4.78, 5) is 25.9. The standard InChI is InChI=1S/C21H26N4O2/c26-19-6-4-16(5-7-19)17-8-13-24(14-9-17)20(27)18-3-1-12-25(15-18)21-22-10-2-11-23-21/h2,4-7,10-11,17-18,26H,1,3,8-9,12-15H2. The second kappa shape index (κ2) is 7.94. The van der Waals surface area contributed by atoms with Crippen molar-refractivity contribution < 1.29 is 9.90 Å². The van der Waals surface area contributed by atoms with E-state index in [1.807, 2.05) is 23.1 Å². The van der Waals surface area contributed by atoms with Crippen molar-refractivity contribution in [3.05, 3.63) is 48.3 Å². The largest absolute Gasteiger partial charge is 0.508 e. The maximum Gasteiger partial charge on any atom is 0.227 e. The van der Waals surface area contributed by atoms with Crippen LogP contribution in [0.1, 0.15) is 37.2 Å². The Kier molecular flexibility index (Phi) is 5.23. The number of phenols is 1. The molecule has 1 amide bonds. The number of likely N-dealkylation sites (tertiary alicyclic amines) is 1. The molecule has 1 aromatic heterocycles. The fourth-order valence-corrected chi connectivity index (χ4v) is 4.25. The molecule has 2 aliphatic heterocycles. The van der Waals surface area contributed by atoms with Gasteiger partial charge < -0.3 is 14.9 Å². The quantitative estimate of drug-likeness (QED) is 0.905. The van der Waals surface area contributed by atoms with Crippen molar-refractivity contribution in [1.82, 2.24) is 14.9 Å². The highest BCUT2D eigenvalue weighted by molar-refractivity contribution is 5.79. The number of aromatic nitrogens is 2. The summed E-state index contributed by atoms with van der Waals surface area (Å²) in [6.45, 7) is 3.24. The van der Waals surface area contributed by atoms with Crippen LogP contribution in [0.2, 0.25) is 0 Å². The molecular weight excluding hydrogens is 340 g/mol. The van der Waals surface area contributed by atoms with Crippen molar-refractivity contribution in [3.63, 3.8) is 0 Å². The number of rotatable bonds is 3. The summed E-state index contributed by atoms with van der Waals surface area (Å²) in [6, 6.07) is 9.30. The normalized spacial score (nSPS) is 21.3. The first-order chi connectivity index (χ1) is 13.2. The highest BCUT2D eigenvalue weighted by Crippen LogP contribution is 2.30. The predicted octanol–water partition coefficient (Wildman–Crippen LogP) is 2.80. The fraction of sp³-hybridized carbons (Fsp3) is 0.476. The number of nitrogens with zero attached hydrogens (tertiary/aromatic N) is 4. The van der Waals surface area contributed by atoms with E-state index >= 15 is 0 Å². The van der Waals surface area contributed by atoms with Gasteiger partial charge in [0.1, 0.15) is 5.75 Å². The smallest absolute Gasteiger partial charge is 0.227 e. The monoisotopic (exact) mass is 366 g/mol. The minimum absolute atomic E-state index is 0.0350. The number of amides is 1.